The minimum atomic E-state index is 0. The van der Waals surface area contributed by atoms with E-state index in [2.05, 4.69) is 63.7 Å². The van der Waals surface area contributed by atoms with E-state index in [-0.39, 0.29) is 12.4 Å². The molecule has 0 saturated heterocycles. The SMILES string of the molecule is Cl.c1ccc2c(c1)CN=C(SCCN1CCc3ccccc31)N2. The van der Waals surface area contributed by atoms with Crippen LogP contribution >= 0.6 is 24.2 Å². The molecule has 2 aromatic carbocycles. The van der Waals surface area contributed by atoms with Gasteiger partial charge in [-0.05, 0) is 29.7 Å². The van der Waals surface area contributed by atoms with E-state index in [0.717, 1.165) is 30.6 Å². The van der Waals surface area contributed by atoms with Gasteiger partial charge in [-0.2, -0.15) is 0 Å². The molecule has 0 amide bonds. The third kappa shape index (κ3) is 3.48. The largest absolute Gasteiger partial charge is 0.370 e. The smallest absolute Gasteiger partial charge is 0.161 e. The quantitative estimate of drug-likeness (QED) is 0.904. The van der Waals surface area contributed by atoms with E-state index in [1.807, 2.05) is 11.8 Å². The van der Waals surface area contributed by atoms with Crippen molar-refractivity contribution in [1.29, 1.82) is 0 Å². The lowest BCUT2D eigenvalue weighted by molar-refractivity contribution is 0.874. The highest BCUT2D eigenvalue weighted by molar-refractivity contribution is 8.14. The standard InChI is InChI=1S/C18H19N3S.ClH/c1-3-7-16-15(6-1)13-19-18(20-16)22-12-11-21-10-9-14-5-2-4-8-17(14)21;/h1-8H,9-13H2,(H,19,20);1H. The van der Waals surface area contributed by atoms with Crippen molar-refractivity contribution >= 4 is 40.7 Å². The number of rotatable bonds is 3. The van der Waals surface area contributed by atoms with E-state index < -0.39 is 0 Å². The fourth-order valence-corrected chi connectivity index (χ4v) is 3.91. The molecule has 120 valence electrons. The average molecular weight is 346 g/mol. The van der Waals surface area contributed by atoms with Gasteiger partial charge in [-0.15, -0.1) is 12.4 Å². The molecular weight excluding hydrogens is 326 g/mol. The molecule has 1 N–H and O–H groups in total. The molecule has 2 heterocycles. The molecule has 2 aromatic rings. The summed E-state index contributed by atoms with van der Waals surface area (Å²) in [6, 6.07) is 17.1. The second-order valence-electron chi connectivity index (χ2n) is 5.62. The molecule has 0 radical (unpaired) electrons. The van der Waals surface area contributed by atoms with Crippen LogP contribution in [0.1, 0.15) is 11.1 Å². The third-order valence-corrected chi connectivity index (χ3v) is 5.13. The van der Waals surface area contributed by atoms with Gasteiger partial charge in [0.2, 0.25) is 0 Å². The molecule has 23 heavy (non-hydrogen) atoms. The van der Waals surface area contributed by atoms with Crippen LogP contribution in [0.2, 0.25) is 0 Å². The molecule has 0 fully saturated rings. The highest BCUT2D eigenvalue weighted by atomic mass is 35.5. The second kappa shape index (κ2) is 7.28. The molecule has 5 heteroatoms. The summed E-state index contributed by atoms with van der Waals surface area (Å²) in [4.78, 5) is 7.11. The monoisotopic (exact) mass is 345 g/mol. The van der Waals surface area contributed by atoms with Crippen LogP contribution in [0.4, 0.5) is 11.4 Å². The molecule has 0 saturated carbocycles. The Balaban J connectivity index is 0.00000156. The molecule has 4 rings (SSSR count). The van der Waals surface area contributed by atoms with Crippen molar-refractivity contribution in [2.45, 2.75) is 13.0 Å². The lowest BCUT2D eigenvalue weighted by Gasteiger charge is -2.21. The lowest BCUT2D eigenvalue weighted by Crippen LogP contribution is -2.24. The van der Waals surface area contributed by atoms with Gasteiger partial charge < -0.3 is 10.2 Å². The summed E-state index contributed by atoms with van der Waals surface area (Å²) in [6.07, 6.45) is 1.17. The Kier molecular flexibility index (Phi) is 5.13. The maximum Gasteiger partial charge on any atom is 0.161 e. The highest BCUT2D eigenvalue weighted by Gasteiger charge is 2.18. The maximum atomic E-state index is 4.63. The molecule has 2 aliphatic heterocycles. The van der Waals surface area contributed by atoms with E-state index in [0.29, 0.717) is 0 Å². The molecule has 0 aromatic heterocycles. The molecule has 2 aliphatic rings. The van der Waals surface area contributed by atoms with E-state index >= 15 is 0 Å². The van der Waals surface area contributed by atoms with Crippen molar-refractivity contribution in [3.8, 4) is 0 Å². The molecule has 3 nitrogen and oxygen atoms in total. The van der Waals surface area contributed by atoms with E-state index in [1.165, 1.54) is 28.9 Å². The van der Waals surface area contributed by atoms with E-state index in [1.54, 1.807) is 0 Å². The van der Waals surface area contributed by atoms with Crippen LogP contribution in [0.5, 0.6) is 0 Å². The zero-order chi connectivity index (χ0) is 14.8. The first-order valence-corrected chi connectivity index (χ1v) is 8.74. The minimum Gasteiger partial charge on any atom is -0.370 e. The number of nitrogens with zero attached hydrogens (tertiary/aromatic N) is 2. The predicted molar refractivity (Wildman–Crippen MR) is 103 cm³/mol. The number of halogens is 1. The van der Waals surface area contributed by atoms with Gasteiger partial charge >= 0.3 is 0 Å². The van der Waals surface area contributed by atoms with Gasteiger partial charge in [0.05, 0.1) is 6.54 Å². The van der Waals surface area contributed by atoms with Gasteiger partial charge in [-0.3, -0.25) is 4.99 Å². The number of anilines is 2. The van der Waals surface area contributed by atoms with Gasteiger partial charge in [0, 0.05) is 30.2 Å². The number of benzene rings is 2. The lowest BCUT2D eigenvalue weighted by atomic mass is 10.1. The summed E-state index contributed by atoms with van der Waals surface area (Å²) in [5.41, 5.74) is 5.37. The number of hydrogen-bond acceptors (Lipinski definition) is 4. The van der Waals surface area contributed by atoms with Crippen molar-refractivity contribution in [2.75, 3.05) is 29.1 Å². The van der Waals surface area contributed by atoms with Gasteiger partial charge in [0.25, 0.3) is 0 Å². The van der Waals surface area contributed by atoms with E-state index in [4.69, 9.17) is 0 Å². The Labute approximate surface area is 147 Å². The van der Waals surface area contributed by atoms with Crippen LogP contribution in [0.3, 0.4) is 0 Å². The first kappa shape index (κ1) is 16.2. The Bertz CT molecular complexity index is 717. The van der Waals surface area contributed by atoms with Crippen LogP contribution in [0.25, 0.3) is 0 Å². The van der Waals surface area contributed by atoms with Gasteiger partial charge in [0.1, 0.15) is 0 Å². The zero-order valence-corrected chi connectivity index (χ0v) is 14.5. The Morgan fingerprint density at radius 3 is 2.74 bits per heavy atom. The number of aliphatic imine (C=N–C) groups is 1. The zero-order valence-electron chi connectivity index (χ0n) is 12.9. The van der Waals surface area contributed by atoms with Crippen molar-refractivity contribution in [1.82, 2.24) is 0 Å². The Morgan fingerprint density at radius 1 is 1.04 bits per heavy atom. The summed E-state index contributed by atoms with van der Waals surface area (Å²) < 4.78 is 0. The summed E-state index contributed by atoms with van der Waals surface area (Å²) in [6.45, 7) is 3.00. The molecule has 0 bridgehead atoms. The maximum absolute atomic E-state index is 4.63. The van der Waals surface area contributed by atoms with Crippen LogP contribution in [0, 0.1) is 0 Å². The first-order valence-electron chi connectivity index (χ1n) is 7.75. The third-order valence-electron chi connectivity index (χ3n) is 4.24. The highest BCUT2D eigenvalue weighted by Crippen LogP contribution is 2.28. The van der Waals surface area contributed by atoms with Crippen molar-refractivity contribution in [2.24, 2.45) is 4.99 Å². The van der Waals surface area contributed by atoms with Crippen molar-refractivity contribution in [3.63, 3.8) is 0 Å². The van der Waals surface area contributed by atoms with Gasteiger partial charge in [-0.1, -0.05) is 48.2 Å². The summed E-state index contributed by atoms with van der Waals surface area (Å²) >= 11 is 1.82. The minimum absolute atomic E-state index is 0. The number of nitrogens with one attached hydrogen (secondary N) is 1. The molecule has 0 spiro atoms. The molecule has 0 atom stereocenters. The summed E-state index contributed by atoms with van der Waals surface area (Å²) in [7, 11) is 0. The Hall–Kier alpha value is -1.65. The second-order valence-corrected chi connectivity index (χ2v) is 6.70. The van der Waals surface area contributed by atoms with E-state index in [9.17, 15) is 0 Å². The van der Waals surface area contributed by atoms with Gasteiger partial charge in [0.15, 0.2) is 5.17 Å². The van der Waals surface area contributed by atoms with Crippen LogP contribution in [-0.2, 0) is 13.0 Å². The molecule has 0 aliphatic carbocycles. The van der Waals surface area contributed by atoms with Crippen molar-refractivity contribution in [3.05, 3.63) is 59.7 Å². The number of amidine groups is 1. The molecule has 0 unspecified atom stereocenters. The molecular formula is C18H20ClN3S. The average Bonchev–Trinajstić information content (AvgIpc) is 2.98. The predicted octanol–water partition coefficient (Wildman–Crippen LogP) is 4.19. The van der Waals surface area contributed by atoms with Gasteiger partial charge in [-0.25, -0.2) is 0 Å². The fourth-order valence-electron chi connectivity index (χ4n) is 3.06. The first-order chi connectivity index (χ1) is 10.9. The summed E-state index contributed by atoms with van der Waals surface area (Å²) in [5, 5.41) is 4.48. The fraction of sp³-hybridized carbons (Fsp3) is 0.278. The van der Waals surface area contributed by atoms with Crippen LogP contribution < -0.4 is 10.2 Å². The number of thioether (sulfide) groups is 1. The summed E-state index contributed by atoms with van der Waals surface area (Å²) in [5.74, 6) is 1.06. The number of fused-ring (bicyclic) bond motifs is 2. The van der Waals surface area contributed by atoms with Crippen LogP contribution in [0.15, 0.2) is 53.5 Å². The van der Waals surface area contributed by atoms with Crippen molar-refractivity contribution < 1.29 is 0 Å². The normalized spacial score (nSPS) is 15.1. The number of para-hydroxylation sites is 2. The Morgan fingerprint density at radius 2 is 1.83 bits per heavy atom. The number of hydrogen-bond donors (Lipinski definition) is 1. The topological polar surface area (TPSA) is 27.6 Å². The van der Waals surface area contributed by atoms with Crippen LogP contribution in [-0.4, -0.2) is 24.0 Å².